The lowest BCUT2D eigenvalue weighted by molar-refractivity contribution is -0.183. The first-order valence-corrected chi connectivity index (χ1v) is 28.1. The van der Waals surface area contributed by atoms with Gasteiger partial charge in [-0.3, -0.25) is 24.1 Å². The zero-order chi connectivity index (χ0) is 61.6. The Bertz CT molecular complexity index is 2400. The van der Waals surface area contributed by atoms with E-state index in [0.717, 1.165) is 20.3 Å². The zero-order valence-electron chi connectivity index (χ0n) is 52.2. The van der Waals surface area contributed by atoms with E-state index in [1.165, 1.54) is 74.6 Å². The molecular weight excluding hydrogens is 1030 g/mol. The van der Waals surface area contributed by atoms with Crippen molar-refractivity contribution in [2.24, 2.45) is 22.2 Å². The van der Waals surface area contributed by atoms with Gasteiger partial charge in [-0.1, -0.05) is 126 Å². The summed E-state index contributed by atoms with van der Waals surface area (Å²) in [5, 5.41) is 12.4. The number of allylic oxidation sites excluding steroid dienone is 3. The van der Waals surface area contributed by atoms with Gasteiger partial charge in [-0.15, -0.1) is 0 Å². The lowest BCUT2D eigenvalue weighted by Gasteiger charge is -2.39. The quantitative estimate of drug-likeness (QED) is 0.172. The molecule has 1 aliphatic heterocycles. The van der Waals surface area contributed by atoms with Crippen molar-refractivity contribution in [1.82, 2.24) is 19.6 Å². The fourth-order valence-electron chi connectivity index (χ4n) is 9.80. The summed E-state index contributed by atoms with van der Waals surface area (Å²) in [6.07, 6.45) is -3.27. The molecular formula is C62H98F2N4O12. The summed E-state index contributed by atoms with van der Waals surface area (Å²) in [7, 11) is 5.23. The summed E-state index contributed by atoms with van der Waals surface area (Å²) in [5.41, 5.74) is -3.54. The number of hydrogen-bond acceptors (Lipinski definition) is 13. The Balaban J connectivity index is 2.36. The van der Waals surface area contributed by atoms with Gasteiger partial charge in [-0.25, -0.2) is 23.2 Å². The molecule has 1 aromatic carbocycles. The molecule has 1 fully saturated rings. The van der Waals surface area contributed by atoms with Crippen molar-refractivity contribution in [3.05, 3.63) is 59.2 Å². The first-order chi connectivity index (χ1) is 36.2. The van der Waals surface area contributed by atoms with Crippen LogP contribution < -0.4 is 0 Å². The Morgan fingerprint density at radius 2 is 0.938 bits per heavy atom. The maximum Gasteiger partial charge on any atom is 0.329 e. The van der Waals surface area contributed by atoms with Crippen LogP contribution in [-0.4, -0.2) is 161 Å². The molecule has 18 heteroatoms. The van der Waals surface area contributed by atoms with Crippen LogP contribution in [0.1, 0.15) is 174 Å². The predicted molar refractivity (Wildman–Crippen MR) is 304 cm³/mol. The molecule has 80 heavy (non-hydrogen) atoms. The van der Waals surface area contributed by atoms with E-state index in [-0.39, 0.29) is 42.4 Å². The highest BCUT2D eigenvalue weighted by molar-refractivity contribution is 5.93. The van der Waals surface area contributed by atoms with Crippen molar-refractivity contribution >= 4 is 41.6 Å². The highest BCUT2D eigenvalue weighted by Crippen LogP contribution is 2.36. The van der Waals surface area contributed by atoms with Gasteiger partial charge in [0.2, 0.25) is 0 Å². The van der Waals surface area contributed by atoms with Gasteiger partial charge in [0.25, 0.3) is 17.7 Å². The number of ether oxygens (including phenoxy) is 4. The molecule has 0 spiro atoms. The van der Waals surface area contributed by atoms with E-state index in [0.29, 0.717) is 17.6 Å². The molecule has 0 aromatic heterocycles. The van der Waals surface area contributed by atoms with Crippen molar-refractivity contribution in [2.45, 2.75) is 241 Å². The fraction of sp³-hybridized carbons (Fsp3) is 0.726. The topological polar surface area (TPSA) is 190 Å². The highest BCUT2D eigenvalue weighted by atomic mass is 19.1. The third-order valence-corrected chi connectivity index (χ3v) is 14.8. The molecule has 16 nitrogen and oxygen atoms in total. The van der Waals surface area contributed by atoms with E-state index in [9.17, 15) is 33.9 Å². The minimum atomic E-state index is -2.09. The third kappa shape index (κ3) is 20.6. The number of halogens is 2. The number of benzene rings is 1. The highest BCUT2D eigenvalue weighted by Gasteiger charge is 2.46. The van der Waals surface area contributed by atoms with E-state index in [4.69, 9.17) is 18.9 Å². The van der Waals surface area contributed by atoms with Crippen LogP contribution in [-0.2, 0) is 64.3 Å². The molecule has 10 atom stereocenters. The second-order valence-corrected chi connectivity index (χ2v) is 28.1. The Kier molecular flexibility index (Phi) is 23.1. The van der Waals surface area contributed by atoms with Gasteiger partial charge in [0.1, 0.15) is 47.8 Å². The van der Waals surface area contributed by atoms with Gasteiger partial charge in [-0.2, -0.15) is 0 Å². The molecule has 1 heterocycles. The summed E-state index contributed by atoms with van der Waals surface area (Å²) < 4.78 is 55.8. The second kappa shape index (κ2) is 26.8. The van der Waals surface area contributed by atoms with Crippen LogP contribution in [0.2, 0.25) is 0 Å². The summed E-state index contributed by atoms with van der Waals surface area (Å²) in [6.45, 7) is 30.9. The van der Waals surface area contributed by atoms with Crippen LogP contribution >= 0.6 is 0 Å². The maximum absolute atomic E-state index is 15.9. The number of rotatable bonds is 10. The summed E-state index contributed by atoms with van der Waals surface area (Å²) >= 11 is 0. The van der Waals surface area contributed by atoms with Gasteiger partial charge in [0, 0.05) is 46.8 Å². The molecule has 0 radical (unpaired) electrons. The lowest BCUT2D eigenvalue weighted by atomic mass is 9.76. The second-order valence-electron chi connectivity index (χ2n) is 28.1. The van der Waals surface area contributed by atoms with E-state index >= 15 is 13.6 Å². The van der Waals surface area contributed by atoms with Crippen LogP contribution in [0.3, 0.4) is 0 Å². The molecule has 1 N–H and O–H groups in total. The monoisotopic (exact) mass is 1130 g/mol. The van der Waals surface area contributed by atoms with E-state index < -0.39 is 131 Å². The van der Waals surface area contributed by atoms with Crippen LogP contribution in [0.15, 0.2) is 48.1 Å². The molecule has 452 valence electrons. The van der Waals surface area contributed by atoms with Crippen LogP contribution in [0, 0.1) is 22.2 Å². The summed E-state index contributed by atoms with van der Waals surface area (Å²) in [5.74, 6) is -6.79. The number of aliphatic hydroxyl groups excluding tert-OH is 1. The molecule has 0 bridgehead atoms. The number of aliphatic hydroxyl groups is 1. The summed E-state index contributed by atoms with van der Waals surface area (Å²) in [4.78, 5) is 107. The fourth-order valence-corrected chi connectivity index (χ4v) is 9.80. The van der Waals surface area contributed by atoms with Crippen molar-refractivity contribution in [3.8, 4) is 0 Å². The molecule has 1 aliphatic carbocycles. The number of esters is 4. The zero-order valence-corrected chi connectivity index (χ0v) is 52.2. The van der Waals surface area contributed by atoms with Crippen LogP contribution in [0.25, 0.3) is 0 Å². The van der Waals surface area contributed by atoms with Crippen LogP contribution in [0.4, 0.5) is 8.78 Å². The summed E-state index contributed by atoms with van der Waals surface area (Å²) in [6, 6.07) is 1.36. The Hall–Kier alpha value is -5.23. The number of amides is 3. The number of likely N-dealkylation sites (N-methyl/N-ethyl adjacent to an activating group) is 4. The number of alkyl halides is 2. The maximum atomic E-state index is 15.9. The molecule has 0 saturated carbocycles. The van der Waals surface area contributed by atoms with Gasteiger partial charge in [-0.05, 0) is 112 Å². The number of carbonyl (C=O) groups is 7. The Morgan fingerprint density at radius 1 is 0.537 bits per heavy atom. The van der Waals surface area contributed by atoms with E-state index in [1.807, 2.05) is 105 Å². The van der Waals surface area contributed by atoms with Gasteiger partial charge >= 0.3 is 23.9 Å². The Labute approximate surface area is 476 Å². The molecule has 2 aliphatic rings. The number of carbonyl (C=O) groups excluding carboxylic acids is 7. The SMILES string of the molecule is C[C@H]1OC(=O)[C@H](CC(C)(C)C)N(C)C(=O)[C@@H](CC2=CCC(C(C)(C)C)C=C2)OC(=O)[C@H](CC(C)(C)F)N(C)C(=O)[C@@H](C)OC(=O)[C@H](CC(C)(C)C)N(C)C(O)[C@@H](Cc2ccc(C(C)(C)C)cc2)OC(=O)[C@H](CC(C)(C)F)N(C)C1=O. The van der Waals surface area contributed by atoms with Gasteiger partial charge in [0.05, 0.1) is 0 Å². The predicted octanol–water partition coefficient (Wildman–Crippen LogP) is 9.41. The lowest BCUT2D eigenvalue weighted by Crippen LogP contribution is -2.56. The number of hydrogen-bond donors (Lipinski definition) is 1. The van der Waals surface area contributed by atoms with Gasteiger partial charge in [0.15, 0.2) is 18.3 Å². The Morgan fingerprint density at radius 3 is 1.34 bits per heavy atom. The molecule has 1 saturated heterocycles. The van der Waals surface area contributed by atoms with Gasteiger partial charge < -0.3 is 38.8 Å². The smallest absolute Gasteiger partial charge is 0.329 e. The minimum absolute atomic E-state index is 0.0213. The largest absolute Gasteiger partial charge is 0.456 e. The molecule has 2 unspecified atom stereocenters. The third-order valence-electron chi connectivity index (χ3n) is 14.8. The first kappa shape index (κ1) is 69.0. The number of cyclic esters (lactones) is 4. The van der Waals surface area contributed by atoms with Crippen molar-refractivity contribution < 1.29 is 66.4 Å². The van der Waals surface area contributed by atoms with E-state index in [1.54, 1.807) is 0 Å². The average molecular weight is 1130 g/mol. The normalized spacial score (nSPS) is 27.3. The number of nitrogens with zero attached hydrogens (tertiary/aromatic N) is 4. The standard InChI is InChI=1S/C62H98F2N4O12/c1-37-49(69)65(19)45(35-61(15,16)63)55(75)79-48(32-40-25-29-42(30-26-40)60(12,13)14)52(72)68(22)44(34-58(6,7)8)54(74)78-38(2)50(70)66(20)46(36-62(17,18)64)56(76)80-47(31-39-23-27-41(28-24-39)59(9,10)11)51(71)67(21)43(53(73)77-37)33-57(3,4)5/h23-29,37-38,42-48,51,71H,30-36H2,1-22H3/t37-,38-,42?,43+,44+,45+,46+,47-,48-,51?/m1/s1. The molecule has 1 aromatic rings. The average Bonchev–Trinajstić information content (AvgIpc) is 3.31. The van der Waals surface area contributed by atoms with E-state index in [2.05, 4.69) is 20.8 Å². The van der Waals surface area contributed by atoms with Crippen molar-refractivity contribution in [3.63, 3.8) is 0 Å². The molecule has 3 rings (SSSR count). The molecule has 3 amide bonds. The first-order valence-electron chi connectivity index (χ1n) is 28.1. The van der Waals surface area contributed by atoms with Crippen molar-refractivity contribution in [1.29, 1.82) is 0 Å². The van der Waals surface area contributed by atoms with Crippen molar-refractivity contribution in [2.75, 3.05) is 28.2 Å². The minimum Gasteiger partial charge on any atom is -0.456 e. The van der Waals surface area contributed by atoms with Crippen LogP contribution in [0.5, 0.6) is 0 Å².